The standard InChI is InChI=1S/C12H22O2/c1-5-12(3,4)10-8-7-9-11(13)14-6-2/h6H,2,5,7-10H2,1,3-4H3. The summed E-state index contributed by atoms with van der Waals surface area (Å²) in [5.41, 5.74) is 0.405. The maximum Gasteiger partial charge on any atom is 0.310 e. The Kier molecular flexibility index (Phi) is 6.26. The third-order valence-corrected chi connectivity index (χ3v) is 2.66. The monoisotopic (exact) mass is 198 g/mol. The van der Waals surface area contributed by atoms with Crippen molar-refractivity contribution in [1.82, 2.24) is 0 Å². The van der Waals surface area contributed by atoms with Gasteiger partial charge in [0.05, 0.1) is 6.26 Å². The van der Waals surface area contributed by atoms with Gasteiger partial charge in [0.25, 0.3) is 0 Å². The van der Waals surface area contributed by atoms with Crippen LogP contribution in [-0.4, -0.2) is 5.97 Å². The van der Waals surface area contributed by atoms with Gasteiger partial charge in [-0.15, -0.1) is 0 Å². The lowest BCUT2D eigenvalue weighted by molar-refractivity contribution is -0.138. The molecule has 0 radical (unpaired) electrons. The lowest BCUT2D eigenvalue weighted by Gasteiger charge is -2.21. The summed E-state index contributed by atoms with van der Waals surface area (Å²) in [7, 11) is 0. The lowest BCUT2D eigenvalue weighted by Crippen LogP contribution is -2.09. The first kappa shape index (κ1) is 13.2. The number of esters is 1. The van der Waals surface area contributed by atoms with E-state index in [1.807, 2.05) is 0 Å². The zero-order chi connectivity index (χ0) is 11.0. The van der Waals surface area contributed by atoms with E-state index in [2.05, 4.69) is 32.1 Å². The zero-order valence-electron chi connectivity index (χ0n) is 9.64. The summed E-state index contributed by atoms with van der Waals surface area (Å²) in [5.74, 6) is -0.172. The quantitative estimate of drug-likeness (QED) is 0.354. The van der Waals surface area contributed by atoms with Crippen LogP contribution in [-0.2, 0) is 9.53 Å². The second-order valence-electron chi connectivity index (χ2n) is 4.38. The molecule has 0 saturated heterocycles. The molecule has 0 aliphatic heterocycles. The van der Waals surface area contributed by atoms with Crippen LogP contribution in [0.4, 0.5) is 0 Å². The number of hydrogen-bond donors (Lipinski definition) is 0. The van der Waals surface area contributed by atoms with Crippen LogP contribution in [0.2, 0.25) is 0 Å². The Labute approximate surface area is 87.3 Å². The molecule has 0 fully saturated rings. The number of rotatable bonds is 7. The van der Waals surface area contributed by atoms with Crippen molar-refractivity contribution >= 4 is 5.97 Å². The number of unbranched alkanes of at least 4 members (excludes halogenated alkanes) is 1. The molecule has 82 valence electrons. The van der Waals surface area contributed by atoms with Gasteiger partial charge in [0.1, 0.15) is 0 Å². The highest BCUT2D eigenvalue weighted by Crippen LogP contribution is 2.26. The normalized spacial score (nSPS) is 11.1. The SMILES string of the molecule is C=COC(=O)CCCCC(C)(C)CC. The Morgan fingerprint density at radius 1 is 1.43 bits per heavy atom. The summed E-state index contributed by atoms with van der Waals surface area (Å²) in [4.78, 5) is 10.9. The molecule has 0 aromatic heterocycles. The smallest absolute Gasteiger partial charge is 0.310 e. The number of hydrogen-bond acceptors (Lipinski definition) is 2. The van der Waals surface area contributed by atoms with Crippen molar-refractivity contribution in [3.63, 3.8) is 0 Å². The molecular weight excluding hydrogens is 176 g/mol. The molecule has 0 unspecified atom stereocenters. The molecule has 0 heterocycles. The van der Waals surface area contributed by atoms with Gasteiger partial charge in [0.2, 0.25) is 0 Å². The molecule has 0 aliphatic carbocycles. The van der Waals surface area contributed by atoms with Crippen LogP contribution in [0.25, 0.3) is 0 Å². The molecule has 0 N–H and O–H groups in total. The Bertz CT molecular complexity index is 183. The average molecular weight is 198 g/mol. The molecule has 0 aromatic rings. The maximum absolute atomic E-state index is 10.9. The van der Waals surface area contributed by atoms with Crippen molar-refractivity contribution in [3.05, 3.63) is 12.8 Å². The Balaban J connectivity index is 3.46. The van der Waals surface area contributed by atoms with E-state index < -0.39 is 0 Å². The van der Waals surface area contributed by atoms with E-state index in [4.69, 9.17) is 0 Å². The minimum atomic E-state index is -0.172. The van der Waals surface area contributed by atoms with Crippen molar-refractivity contribution in [3.8, 4) is 0 Å². The van der Waals surface area contributed by atoms with Gasteiger partial charge in [-0.2, -0.15) is 0 Å². The van der Waals surface area contributed by atoms with Gasteiger partial charge < -0.3 is 4.74 Å². The molecule has 0 amide bonds. The Hall–Kier alpha value is -0.790. The minimum absolute atomic E-state index is 0.172. The third kappa shape index (κ3) is 6.70. The number of ether oxygens (including phenoxy) is 1. The molecule has 2 nitrogen and oxygen atoms in total. The van der Waals surface area contributed by atoms with Crippen molar-refractivity contribution in [2.75, 3.05) is 0 Å². The average Bonchev–Trinajstić information content (AvgIpc) is 2.13. The number of carbonyl (C=O) groups is 1. The van der Waals surface area contributed by atoms with Gasteiger partial charge in [-0.05, 0) is 18.3 Å². The van der Waals surface area contributed by atoms with Crippen molar-refractivity contribution in [2.24, 2.45) is 5.41 Å². The number of carbonyl (C=O) groups excluding carboxylic acids is 1. The van der Waals surface area contributed by atoms with Crippen LogP contribution in [0, 0.1) is 5.41 Å². The van der Waals surface area contributed by atoms with Crippen LogP contribution in [0.15, 0.2) is 12.8 Å². The van der Waals surface area contributed by atoms with E-state index in [1.54, 1.807) is 0 Å². The molecule has 0 aliphatic rings. The van der Waals surface area contributed by atoms with E-state index in [0.29, 0.717) is 11.8 Å². The fourth-order valence-corrected chi connectivity index (χ4v) is 1.20. The molecule has 0 atom stereocenters. The van der Waals surface area contributed by atoms with E-state index in [1.165, 1.54) is 19.1 Å². The van der Waals surface area contributed by atoms with Crippen LogP contribution in [0.5, 0.6) is 0 Å². The lowest BCUT2D eigenvalue weighted by atomic mass is 9.84. The molecule has 0 rings (SSSR count). The topological polar surface area (TPSA) is 26.3 Å². The van der Waals surface area contributed by atoms with Gasteiger partial charge in [-0.1, -0.05) is 40.2 Å². The molecule has 0 aromatic carbocycles. The summed E-state index contributed by atoms with van der Waals surface area (Å²) in [6.07, 6.45) is 6.06. The van der Waals surface area contributed by atoms with Gasteiger partial charge in [0, 0.05) is 6.42 Å². The zero-order valence-corrected chi connectivity index (χ0v) is 9.64. The van der Waals surface area contributed by atoms with Crippen LogP contribution >= 0.6 is 0 Å². The summed E-state index contributed by atoms with van der Waals surface area (Å²) >= 11 is 0. The van der Waals surface area contributed by atoms with Crippen molar-refractivity contribution < 1.29 is 9.53 Å². The summed E-state index contributed by atoms with van der Waals surface area (Å²) in [5, 5.41) is 0. The molecule has 0 spiro atoms. The van der Waals surface area contributed by atoms with Gasteiger partial charge in [-0.3, -0.25) is 4.79 Å². The van der Waals surface area contributed by atoms with E-state index in [9.17, 15) is 4.79 Å². The van der Waals surface area contributed by atoms with E-state index >= 15 is 0 Å². The van der Waals surface area contributed by atoms with Gasteiger partial charge in [0.15, 0.2) is 0 Å². The molecular formula is C12H22O2. The van der Waals surface area contributed by atoms with Crippen LogP contribution in [0.3, 0.4) is 0 Å². The second-order valence-corrected chi connectivity index (χ2v) is 4.38. The summed E-state index contributed by atoms with van der Waals surface area (Å²) in [6, 6.07) is 0. The molecule has 14 heavy (non-hydrogen) atoms. The Morgan fingerprint density at radius 3 is 2.57 bits per heavy atom. The minimum Gasteiger partial charge on any atom is -0.435 e. The van der Waals surface area contributed by atoms with Crippen molar-refractivity contribution in [1.29, 1.82) is 0 Å². The first-order chi connectivity index (χ1) is 6.52. The second kappa shape index (κ2) is 6.63. The van der Waals surface area contributed by atoms with E-state index in [-0.39, 0.29) is 5.97 Å². The fraction of sp³-hybridized carbons (Fsp3) is 0.750. The molecule has 2 heteroatoms. The Morgan fingerprint density at radius 2 is 2.07 bits per heavy atom. The predicted molar refractivity (Wildman–Crippen MR) is 58.8 cm³/mol. The molecule has 0 bridgehead atoms. The summed E-state index contributed by atoms with van der Waals surface area (Å²) < 4.78 is 4.63. The maximum atomic E-state index is 10.9. The van der Waals surface area contributed by atoms with Gasteiger partial charge in [-0.25, -0.2) is 0 Å². The highest BCUT2D eigenvalue weighted by molar-refractivity contribution is 5.69. The predicted octanol–water partition coefficient (Wildman–Crippen LogP) is 3.67. The van der Waals surface area contributed by atoms with Crippen molar-refractivity contribution in [2.45, 2.75) is 52.9 Å². The first-order valence-electron chi connectivity index (χ1n) is 5.32. The van der Waals surface area contributed by atoms with Crippen LogP contribution in [0.1, 0.15) is 52.9 Å². The first-order valence-corrected chi connectivity index (χ1v) is 5.32. The third-order valence-electron chi connectivity index (χ3n) is 2.66. The highest BCUT2D eigenvalue weighted by Gasteiger charge is 2.14. The van der Waals surface area contributed by atoms with Gasteiger partial charge >= 0.3 is 5.97 Å². The fourth-order valence-electron chi connectivity index (χ4n) is 1.20. The largest absolute Gasteiger partial charge is 0.435 e. The highest BCUT2D eigenvalue weighted by atomic mass is 16.5. The molecule has 0 saturated carbocycles. The van der Waals surface area contributed by atoms with Crippen LogP contribution < -0.4 is 0 Å². The summed E-state index contributed by atoms with van der Waals surface area (Å²) in [6.45, 7) is 10.1. The van der Waals surface area contributed by atoms with E-state index in [0.717, 1.165) is 12.8 Å².